The molecular weight excluding hydrogens is 380 g/mol. The molecular formula is C19H29BrN4O. The fourth-order valence-electron chi connectivity index (χ4n) is 3.45. The largest absolute Gasteiger partial charge is 0.370 e. The van der Waals surface area contributed by atoms with Gasteiger partial charge < -0.3 is 16.0 Å². The molecule has 1 atom stereocenters. The minimum atomic E-state index is -0.218. The zero-order valence-corrected chi connectivity index (χ0v) is 17.0. The van der Waals surface area contributed by atoms with Gasteiger partial charge in [-0.3, -0.25) is 9.79 Å². The summed E-state index contributed by atoms with van der Waals surface area (Å²) in [6.45, 7) is 7.01. The molecule has 0 spiro atoms. The van der Waals surface area contributed by atoms with E-state index >= 15 is 0 Å². The van der Waals surface area contributed by atoms with Crippen molar-refractivity contribution in [3.63, 3.8) is 0 Å². The summed E-state index contributed by atoms with van der Waals surface area (Å²) in [6.07, 6.45) is 2.57. The second kappa shape index (κ2) is 8.70. The van der Waals surface area contributed by atoms with Crippen LogP contribution in [0.5, 0.6) is 0 Å². The van der Waals surface area contributed by atoms with Crippen LogP contribution in [0.1, 0.15) is 38.7 Å². The molecule has 1 aromatic carbocycles. The van der Waals surface area contributed by atoms with E-state index in [1.54, 1.807) is 0 Å². The predicted octanol–water partition coefficient (Wildman–Crippen LogP) is 2.89. The van der Waals surface area contributed by atoms with Crippen molar-refractivity contribution in [1.82, 2.24) is 10.2 Å². The van der Waals surface area contributed by atoms with E-state index in [1.165, 1.54) is 5.56 Å². The average Bonchev–Trinajstić information content (AvgIpc) is 2.55. The summed E-state index contributed by atoms with van der Waals surface area (Å²) >= 11 is 3.65. The second-order valence-electron chi connectivity index (χ2n) is 7.39. The van der Waals surface area contributed by atoms with Crippen LogP contribution in [0, 0.1) is 5.92 Å². The first-order chi connectivity index (χ1) is 11.8. The van der Waals surface area contributed by atoms with Crippen molar-refractivity contribution in [2.75, 3.05) is 26.7 Å². The Kier molecular flexibility index (Phi) is 6.87. The van der Waals surface area contributed by atoms with E-state index in [0.29, 0.717) is 12.3 Å². The molecule has 0 saturated carbocycles. The Morgan fingerprint density at radius 2 is 2.16 bits per heavy atom. The van der Waals surface area contributed by atoms with Gasteiger partial charge in [-0.25, -0.2) is 0 Å². The summed E-state index contributed by atoms with van der Waals surface area (Å²) in [5.74, 6) is 1.00. The number of carbonyl (C=O) groups excluding carboxylic acids is 1. The van der Waals surface area contributed by atoms with Crippen LogP contribution in [0.4, 0.5) is 0 Å². The van der Waals surface area contributed by atoms with Gasteiger partial charge in [-0.2, -0.15) is 0 Å². The molecule has 1 amide bonds. The fraction of sp³-hybridized carbons (Fsp3) is 0.579. The van der Waals surface area contributed by atoms with Crippen molar-refractivity contribution in [2.24, 2.45) is 16.6 Å². The minimum absolute atomic E-state index is 0.0432. The van der Waals surface area contributed by atoms with E-state index in [0.717, 1.165) is 42.9 Å². The number of hydrogen-bond donors (Lipinski definition) is 2. The van der Waals surface area contributed by atoms with E-state index in [2.05, 4.69) is 63.2 Å². The quantitative estimate of drug-likeness (QED) is 0.580. The van der Waals surface area contributed by atoms with Gasteiger partial charge in [-0.15, -0.1) is 0 Å². The predicted molar refractivity (Wildman–Crippen MR) is 107 cm³/mol. The summed E-state index contributed by atoms with van der Waals surface area (Å²) in [4.78, 5) is 17.9. The lowest BCUT2D eigenvalue weighted by atomic mass is 9.84. The third-order valence-electron chi connectivity index (χ3n) is 4.81. The van der Waals surface area contributed by atoms with Crippen LogP contribution in [0.25, 0.3) is 0 Å². The van der Waals surface area contributed by atoms with Crippen LogP contribution in [0.2, 0.25) is 0 Å². The standard InChI is InChI=1S/C19H29BrN4O/c1-19(2,15-8-4-5-9-16(15)20)13-23-18(22-3)24-10-6-7-14(12-24)11-17(21)25/h4-5,8-9,14H,6-7,10-13H2,1-3H3,(H2,21,25)(H,22,23). The van der Waals surface area contributed by atoms with Gasteiger partial charge in [0.2, 0.25) is 5.91 Å². The number of rotatable bonds is 5. The van der Waals surface area contributed by atoms with Crippen LogP contribution >= 0.6 is 15.9 Å². The number of halogens is 1. The van der Waals surface area contributed by atoms with Gasteiger partial charge in [-0.1, -0.05) is 48.0 Å². The van der Waals surface area contributed by atoms with E-state index in [4.69, 9.17) is 5.73 Å². The first-order valence-corrected chi connectivity index (χ1v) is 9.61. The minimum Gasteiger partial charge on any atom is -0.370 e. The zero-order chi connectivity index (χ0) is 18.4. The number of guanidine groups is 1. The van der Waals surface area contributed by atoms with Gasteiger partial charge >= 0.3 is 0 Å². The van der Waals surface area contributed by atoms with Gasteiger partial charge in [0, 0.05) is 43.0 Å². The maximum Gasteiger partial charge on any atom is 0.217 e. The van der Waals surface area contributed by atoms with Crippen LogP contribution in [0.3, 0.4) is 0 Å². The highest BCUT2D eigenvalue weighted by Crippen LogP contribution is 2.29. The maximum absolute atomic E-state index is 11.2. The number of aliphatic imine (C=N–C) groups is 1. The molecule has 1 unspecified atom stereocenters. The molecule has 0 aromatic heterocycles. The Morgan fingerprint density at radius 3 is 2.80 bits per heavy atom. The van der Waals surface area contributed by atoms with Crippen LogP contribution in [0.15, 0.2) is 33.7 Å². The zero-order valence-electron chi connectivity index (χ0n) is 15.4. The first-order valence-electron chi connectivity index (χ1n) is 8.82. The Balaban J connectivity index is 2.00. The number of likely N-dealkylation sites (tertiary alicyclic amines) is 1. The van der Waals surface area contributed by atoms with E-state index in [1.807, 2.05) is 13.1 Å². The maximum atomic E-state index is 11.2. The molecule has 2 rings (SSSR count). The lowest BCUT2D eigenvalue weighted by Crippen LogP contribution is -2.49. The Hall–Kier alpha value is -1.56. The van der Waals surface area contributed by atoms with Gasteiger partial charge in [0.25, 0.3) is 0 Å². The molecule has 1 fully saturated rings. The van der Waals surface area contributed by atoms with Gasteiger partial charge in [-0.05, 0) is 30.4 Å². The Labute approximate surface area is 159 Å². The molecule has 1 heterocycles. The topological polar surface area (TPSA) is 70.7 Å². The number of benzene rings is 1. The van der Waals surface area contributed by atoms with Crippen LogP contribution in [-0.2, 0) is 10.2 Å². The van der Waals surface area contributed by atoms with Crippen LogP contribution < -0.4 is 11.1 Å². The molecule has 0 bridgehead atoms. The number of amides is 1. The monoisotopic (exact) mass is 408 g/mol. The smallest absolute Gasteiger partial charge is 0.217 e. The number of nitrogens with zero attached hydrogens (tertiary/aromatic N) is 2. The van der Waals surface area contributed by atoms with Crippen molar-refractivity contribution in [3.05, 3.63) is 34.3 Å². The Bertz CT molecular complexity index is 630. The molecule has 1 aliphatic heterocycles. The van der Waals surface area contributed by atoms with Gasteiger partial charge in [0.05, 0.1) is 0 Å². The summed E-state index contributed by atoms with van der Waals surface area (Å²) in [6, 6.07) is 8.32. The number of nitrogens with two attached hydrogens (primary N) is 1. The summed E-state index contributed by atoms with van der Waals surface area (Å²) in [5, 5.41) is 3.52. The molecule has 6 heteroatoms. The molecule has 138 valence electrons. The number of carbonyl (C=O) groups is 1. The normalized spacial score (nSPS) is 19.0. The van der Waals surface area contributed by atoms with Crippen molar-refractivity contribution >= 4 is 27.8 Å². The van der Waals surface area contributed by atoms with Crippen molar-refractivity contribution < 1.29 is 4.79 Å². The molecule has 1 aromatic rings. The summed E-state index contributed by atoms with van der Waals surface area (Å²) in [5.41, 5.74) is 6.59. The highest BCUT2D eigenvalue weighted by Gasteiger charge is 2.26. The molecule has 1 aliphatic rings. The molecule has 25 heavy (non-hydrogen) atoms. The molecule has 1 saturated heterocycles. The van der Waals surface area contributed by atoms with Gasteiger partial charge in [0.15, 0.2) is 5.96 Å². The lowest BCUT2D eigenvalue weighted by Gasteiger charge is -2.36. The summed E-state index contributed by atoms with van der Waals surface area (Å²) < 4.78 is 1.12. The highest BCUT2D eigenvalue weighted by molar-refractivity contribution is 9.10. The Morgan fingerprint density at radius 1 is 1.44 bits per heavy atom. The van der Waals surface area contributed by atoms with Crippen molar-refractivity contribution in [1.29, 1.82) is 0 Å². The fourth-order valence-corrected chi connectivity index (χ4v) is 4.27. The van der Waals surface area contributed by atoms with Crippen molar-refractivity contribution in [3.8, 4) is 0 Å². The van der Waals surface area contributed by atoms with E-state index < -0.39 is 0 Å². The third kappa shape index (κ3) is 5.46. The highest BCUT2D eigenvalue weighted by atomic mass is 79.9. The van der Waals surface area contributed by atoms with Crippen molar-refractivity contribution in [2.45, 2.75) is 38.5 Å². The lowest BCUT2D eigenvalue weighted by molar-refractivity contribution is -0.119. The molecule has 5 nitrogen and oxygen atoms in total. The molecule has 0 radical (unpaired) electrons. The number of primary amides is 1. The van der Waals surface area contributed by atoms with E-state index in [9.17, 15) is 4.79 Å². The molecule has 0 aliphatic carbocycles. The number of piperidine rings is 1. The molecule has 3 N–H and O–H groups in total. The van der Waals surface area contributed by atoms with Gasteiger partial charge in [0.1, 0.15) is 0 Å². The summed E-state index contributed by atoms with van der Waals surface area (Å²) in [7, 11) is 1.81. The number of hydrogen-bond acceptors (Lipinski definition) is 2. The van der Waals surface area contributed by atoms with E-state index in [-0.39, 0.29) is 11.3 Å². The van der Waals surface area contributed by atoms with Crippen LogP contribution in [-0.4, -0.2) is 43.4 Å². The SMILES string of the molecule is CN=C(NCC(C)(C)c1ccccc1Br)N1CCCC(CC(N)=O)C1. The average molecular weight is 409 g/mol. The second-order valence-corrected chi connectivity index (χ2v) is 8.24. The first kappa shape index (κ1) is 19.8. The third-order valence-corrected chi connectivity index (χ3v) is 5.50. The number of nitrogens with one attached hydrogen (secondary N) is 1.